The van der Waals surface area contributed by atoms with E-state index in [1.54, 1.807) is 0 Å². The first kappa shape index (κ1) is 47.0. The molecule has 19 atom stereocenters. The van der Waals surface area contributed by atoms with Gasteiger partial charge in [-0.05, 0) is 64.5 Å². The van der Waals surface area contributed by atoms with Gasteiger partial charge >= 0.3 is 0 Å². The molecule has 9 aliphatic rings. The molecule has 0 amide bonds. The van der Waals surface area contributed by atoms with Crippen LogP contribution in [0.2, 0.25) is 0 Å². The van der Waals surface area contributed by atoms with Gasteiger partial charge in [0.2, 0.25) is 0 Å². The summed E-state index contributed by atoms with van der Waals surface area (Å²) in [6, 6.07) is 30.9. The van der Waals surface area contributed by atoms with Crippen LogP contribution in [0.3, 0.4) is 0 Å². The zero-order valence-corrected chi connectivity index (χ0v) is 40.8. The van der Waals surface area contributed by atoms with E-state index in [2.05, 4.69) is 101 Å². The Morgan fingerprint density at radius 1 is 0.565 bits per heavy atom. The van der Waals surface area contributed by atoms with Crippen molar-refractivity contribution >= 4 is 0 Å². The van der Waals surface area contributed by atoms with E-state index in [1.165, 1.54) is 5.56 Å². The molecule has 12 rings (SSSR count). The number of rotatable bonds is 10. The Morgan fingerprint density at radius 2 is 1.28 bits per heavy atom. The maximum Gasteiger partial charge on any atom is 0.184 e. The highest BCUT2D eigenvalue weighted by atomic mass is 16.7. The lowest BCUT2D eigenvalue weighted by Gasteiger charge is -2.62. The SMILES string of the molecule is C[C@@]12O[C@]3(C)C[C@@H]4O[C@@H]5C=C[C@@H]6O[C@@H]7C[C@@H]8O[C@@H]9CO[C@@H](c%10ccccc%10)O[C@H]9CC[C@H]8O[C@@]7(C)C[C@@]6(C)O[C@@H]5C[C@H]4O[C@H]3C[C@H]1O[C@@H](CCCOCc1ccccc1)C[C@@H]2OCc1ccccc1. The van der Waals surface area contributed by atoms with Crippen molar-refractivity contribution < 1.29 is 56.8 Å². The minimum Gasteiger partial charge on any atom is -0.377 e. The Kier molecular flexibility index (Phi) is 13.0. The van der Waals surface area contributed by atoms with Crippen molar-refractivity contribution in [1.29, 1.82) is 0 Å². The first-order chi connectivity index (χ1) is 33.5. The predicted octanol–water partition coefficient (Wildman–Crippen LogP) is 9.06. The second kappa shape index (κ2) is 19.1. The van der Waals surface area contributed by atoms with Crippen molar-refractivity contribution in [3.05, 3.63) is 120 Å². The van der Waals surface area contributed by atoms with Crippen LogP contribution in [-0.4, -0.2) is 121 Å². The summed E-state index contributed by atoms with van der Waals surface area (Å²) < 4.78 is 82.6. The summed E-state index contributed by atoms with van der Waals surface area (Å²) in [7, 11) is 0. The van der Waals surface area contributed by atoms with Crippen LogP contribution in [-0.2, 0) is 70.1 Å². The van der Waals surface area contributed by atoms with Gasteiger partial charge in [0.05, 0.1) is 104 Å². The quantitative estimate of drug-likeness (QED) is 0.143. The van der Waals surface area contributed by atoms with Crippen molar-refractivity contribution in [1.82, 2.24) is 0 Å². The van der Waals surface area contributed by atoms with Gasteiger partial charge in [0, 0.05) is 50.7 Å². The van der Waals surface area contributed by atoms with Crippen LogP contribution in [0, 0.1) is 0 Å². The number of ether oxygens (including phenoxy) is 12. The molecule has 12 nitrogen and oxygen atoms in total. The summed E-state index contributed by atoms with van der Waals surface area (Å²) in [6.45, 7) is 11.1. The van der Waals surface area contributed by atoms with E-state index < -0.39 is 28.7 Å². The molecular weight excluding hydrogens is 877 g/mol. The van der Waals surface area contributed by atoms with E-state index in [0.29, 0.717) is 52.1 Å². The summed E-state index contributed by atoms with van der Waals surface area (Å²) >= 11 is 0. The topological polar surface area (TPSA) is 111 Å². The zero-order valence-electron chi connectivity index (χ0n) is 40.8. The van der Waals surface area contributed by atoms with Gasteiger partial charge in [-0.1, -0.05) is 103 Å². The fourth-order valence-electron chi connectivity index (χ4n) is 13.6. The Balaban J connectivity index is 0.707. The van der Waals surface area contributed by atoms with Gasteiger partial charge in [-0.2, -0.15) is 0 Å². The monoisotopic (exact) mass is 949 g/mol. The number of hydrogen-bond donors (Lipinski definition) is 0. The van der Waals surface area contributed by atoms with Crippen molar-refractivity contribution in [2.45, 2.75) is 219 Å². The number of hydrogen-bond acceptors (Lipinski definition) is 12. The summed E-state index contributed by atoms with van der Waals surface area (Å²) in [5.74, 6) is 0. The van der Waals surface area contributed by atoms with Crippen LogP contribution in [0.25, 0.3) is 0 Å². The summed E-state index contributed by atoms with van der Waals surface area (Å²) in [5, 5.41) is 0. The average Bonchev–Trinajstić information content (AvgIpc) is 3.60. The van der Waals surface area contributed by atoms with E-state index in [1.807, 2.05) is 30.3 Å². The van der Waals surface area contributed by atoms with E-state index in [0.717, 1.165) is 49.7 Å². The molecule has 0 unspecified atom stereocenters. The molecule has 69 heavy (non-hydrogen) atoms. The molecule has 9 heterocycles. The summed E-state index contributed by atoms with van der Waals surface area (Å²) in [6.07, 6.45) is 9.53. The Labute approximate surface area is 407 Å². The lowest BCUT2D eigenvalue weighted by molar-refractivity contribution is -0.372. The normalized spacial score (nSPS) is 45.6. The third kappa shape index (κ3) is 9.34. The van der Waals surface area contributed by atoms with Crippen LogP contribution in [0.15, 0.2) is 103 Å². The number of benzene rings is 3. The van der Waals surface area contributed by atoms with Gasteiger partial charge in [-0.3, -0.25) is 0 Å². The van der Waals surface area contributed by atoms with Gasteiger partial charge in [-0.15, -0.1) is 0 Å². The van der Waals surface area contributed by atoms with Crippen LogP contribution in [0.1, 0.15) is 115 Å². The van der Waals surface area contributed by atoms with E-state index >= 15 is 0 Å². The minimum absolute atomic E-state index is 0.0147. The van der Waals surface area contributed by atoms with E-state index in [9.17, 15) is 0 Å². The molecular formula is C57H72O12. The summed E-state index contributed by atoms with van der Waals surface area (Å²) in [5.41, 5.74) is 0.866. The Bertz CT molecular complexity index is 2230. The maximum atomic E-state index is 7.39. The second-order valence-electron chi connectivity index (χ2n) is 22.3. The van der Waals surface area contributed by atoms with Crippen LogP contribution >= 0.6 is 0 Å². The molecule has 12 heteroatoms. The first-order valence-electron chi connectivity index (χ1n) is 26.1. The van der Waals surface area contributed by atoms with Gasteiger partial charge < -0.3 is 56.8 Å². The van der Waals surface area contributed by atoms with Crippen molar-refractivity contribution in [2.24, 2.45) is 0 Å². The largest absolute Gasteiger partial charge is 0.377 e. The van der Waals surface area contributed by atoms with Crippen molar-refractivity contribution in [2.75, 3.05) is 13.2 Å². The van der Waals surface area contributed by atoms with Crippen molar-refractivity contribution in [3.8, 4) is 0 Å². The van der Waals surface area contributed by atoms with Crippen LogP contribution < -0.4 is 0 Å². The third-order valence-corrected chi connectivity index (χ3v) is 17.2. The number of fused-ring (bicyclic) bond motifs is 8. The summed E-state index contributed by atoms with van der Waals surface area (Å²) in [4.78, 5) is 0. The highest BCUT2D eigenvalue weighted by Gasteiger charge is 2.64. The van der Waals surface area contributed by atoms with E-state index in [4.69, 9.17) is 56.8 Å². The molecule has 0 saturated carbocycles. The van der Waals surface area contributed by atoms with E-state index in [-0.39, 0.29) is 85.5 Å². The molecule has 0 bridgehead atoms. The molecule has 9 aliphatic heterocycles. The maximum absolute atomic E-state index is 7.39. The molecule has 8 fully saturated rings. The highest BCUT2D eigenvalue weighted by Crippen LogP contribution is 2.54. The molecule has 372 valence electrons. The Hall–Kier alpha value is -3.08. The highest BCUT2D eigenvalue weighted by molar-refractivity contribution is 5.20. The van der Waals surface area contributed by atoms with Crippen LogP contribution in [0.5, 0.6) is 0 Å². The second-order valence-corrected chi connectivity index (χ2v) is 22.3. The molecule has 8 saturated heterocycles. The third-order valence-electron chi connectivity index (χ3n) is 17.2. The predicted molar refractivity (Wildman–Crippen MR) is 254 cm³/mol. The van der Waals surface area contributed by atoms with Crippen molar-refractivity contribution in [3.63, 3.8) is 0 Å². The Morgan fingerprint density at radius 3 is 2.07 bits per heavy atom. The smallest absolute Gasteiger partial charge is 0.184 e. The fraction of sp³-hybridized carbons (Fsp3) is 0.649. The van der Waals surface area contributed by atoms with Gasteiger partial charge in [0.25, 0.3) is 0 Å². The lowest BCUT2D eigenvalue weighted by Crippen LogP contribution is -2.72. The first-order valence-corrected chi connectivity index (χ1v) is 26.1. The fourth-order valence-corrected chi connectivity index (χ4v) is 13.6. The lowest BCUT2D eigenvalue weighted by atomic mass is 9.72. The molecule has 3 aromatic carbocycles. The van der Waals surface area contributed by atoms with Gasteiger partial charge in [0.15, 0.2) is 6.29 Å². The van der Waals surface area contributed by atoms with Gasteiger partial charge in [0.1, 0.15) is 23.9 Å². The molecule has 0 aromatic heterocycles. The molecule has 0 spiro atoms. The van der Waals surface area contributed by atoms with Gasteiger partial charge in [-0.25, -0.2) is 0 Å². The molecule has 0 radical (unpaired) electrons. The molecule has 3 aromatic rings. The average molecular weight is 949 g/mol. The minimum atomic E-state index is -0.678. The zero-order chi connectivity index (χ0) is 46.8. The molecule has 0 aliphatic carbocycles. The van der Waals surface area contributed by atoms with Crippen LogP contribution in [0.4, 0.5) is 0 Å². The standard InChI is InChI=1S/C57H72O12/c1-54-31-46-43(64-50(54)30-52-57(4,69-54)51(59-33-37-17-10-6-11-18-37)27-39(61-52)21-14-26-58-32-36-15-8-5-9-16-36)28-45-40(62-46)24-25-48-55(2,68-45)35-56(3)49(66-48)29-44-42(67-56)23-22-41-47(63-44)34-60-53(65-41)38-19-12-7-13-20-38/h5-13,15-20,24-25,39-53H,14,21-23,26-35H2,1-4H3/t39-,40+,41-,42+,43+,44-,45+,46-,47+,48-,49+,50-,51-,52+,53+,54+,55+,56-,57-/m0/s1. The molecule has 0 N–H and O–H groups in total.